The summed E-state index contributed by atoms with van der Waals surface area (Å²) in [4.78, 5) is 21.8. The molecule has 0 saturated heterocycles. The standard InChI is InChI=1S/C10H8ClFO5/c1-16-4-3-5(17-2)8(12)6(7(4)11)9(13)10(14)15/h3H,1-2H3,(H,14,15). The van der Waals surface area contributed by atoms with Gasteiger partial charge in [0.1, 0.15) is 5.75 Å². The Labute approximate surface area is 101 Å². The number of carboxylic acid groups (broad SMARTS) is 1. The summed E-state index contributed by atoms with van der Waals surface area (Å²) in [5.74, 6) is -4.79. The van der Waals surface area contributed by atoms with Crippen LogP contribution in [0.5, 0.6) is 11.5 Å². The Hall–Kier alpha value is -1.82. The smallest absolute Gasteiger partial charge is 0.377 e. The summed E-state index contributed by atoms with van der Waals surface area (Å²) < 4.78 is 23.2. The number of aliphatic carboxylic acids is 1. The predicted octanol–water partition coefficient (Wildman–Crippen LogP) is 1.76. The van der Waals surface area contributed by atoms with Crippen LogP contribution in [-0.4, -0.2) is 31.1 Å². The molecular formula is C10H8ClFO5. The number of ketones is 1. The SMILES string of the molecule is COc1cc(OC)c(Cl)c(C(=O)C(=O)O)c1F. The first-order valence-corrected chi connectivity index (χ1v) is 4.69. The summed E-state index contributed by atoms with van der Waals surface area (Å²) >= 11 is 5.68. The first-order valence-electron chi connectivity index (χ1n) is 4.31. The number of rotatable bonds is 4. The number of Topliss-reactive ketones (excluding diaryl/α,β-unsaturated/α-hetero) is 1. The van der Waals surface area contributed by atoms with Crippen molar-refractivity contribution in [2.75, 3.05) is 14.2 Å². The number of carbonyl (C=O) groups excluding carboxylic acids is 1. The number of benzene rings is 1. The third kappa shape index (κ3) is 2.31. The van der Waals surface area contributed by atoms with Crippen LogP contribution >= 0.6 is 11.6 Å². The van der Waals surface area contributed by atoms with Gasteiger partial charge >= 0.3 is 5.97 Å². The monoisotopic (exact) mass is 262 g/mol. The Morgan fingerprint density at radius 2 is 1.82 bits per heavy atom. The molecule has 0 fully saturated rings. The molecule has 0 aliphatic rings. The molecule has 1 rings (SSSR count). The van der Waals surface area contributed by atoms with Crippen molar-refractivity contribution in [2.45, 2.75) is 0 Å². The molecule has 1 N–H and O–H groups in total. The van der Waals surface area contributed by atoms with Gasteiger partial charge in [-0.3, -0.25) is 4.79 Å². The molecule has 0 saturated carbocycles. The number of carboxylic acids is 1. The summed E-state index contributed by atoms with van der Waals surface area (Å²) in [7, 11) is 2.41. The van der Waals surface area contributed by atoms with E-state index in [4.69, 9.17) is 21.4 Å². The van der Waals surface area contributed by atoms with Crippen molar-refractivity contribution in [3.63, 3.8) is 0 Å². The van der Waals surface area contributed by atoms with Gasteiger partial charge in [-0.25, -0.2) is 9.18 Å². The molecule has 0 amide bonds. The quantitative estimate of drug-likeness (QED) is 0.661. The molecule has 1 aromatic rings. The molecule has 0 aliphatic carbocycles. The van der Waals surface area contributed by atoms with E-state index in [0.29, 0.717) is 0 Å². The highest BCUT2D eigenvalue weighted by Gasteiger charge is 2.28. The lowest BCUT2D eigenvalue weighted by molar-refractivity contribution is -0.131. The van der Waals surface area contributed by atoms with Crippen molar-refractivity contribution in [2.24, 2.45) is 0 Å². The minimum atomic E-state index is -1.82. The topological polar surface area (TPSA) is 72.8 Å². The first-order chi connectivity index (χ1) is 7.93. The van der Waals surface area contributed by atoms with Gasteiger partial charge < -0.3 is 14.6 Å². The van der Waals surface area contributed by atoms with E-state index in [0.717, 1.165) is 6.07 Å². The van der Waals surface area contributed by atoms with Crippen molar-refractivity contribution in [1.82, 2.24) is 0 Å². The third-order valence-electron chi connectivity index (χ3n) is 1.99. The molecule has 0 unspecified atom stereocenters. The van der Waals surface area contributed by atoms with Crippen LogP contribution in [0.15, 0.2) is 6.07 Å². The van der Waals surface area contributed by atoms with Crippen LogP contribution in [-0.2, 0) is 4.79 Å². The largest absolute Gasteiger partial charge is 0.495 e. The first kappa shape index (κ1) is 13.2. The van der Waals surface area contributed by atoms with E-state index in [9.17, 15) is 14.0 Å². The second kappa shape index (κ2) is 5.01. The molecule has 5 nitrogen and oxygen atoms in total. The molecule has 0 radical (unpaired) electrons. The normalized spacial score (nSPS) is 9.88. The molecule has 0 heterocycles. The fourth-order valence-corrected chi connectivity index (χ4v) is 1.49. The van der Waals surface area contributed by atoms with E-state index >= 15 is 0 Å². The van der Waals surface area contributed by atoms with E-state index in [2.05, 4.69) is 4.74 Å². The van der Waals surface area contributed by atoms with E-state index in [1.54, 1.807) is 0 Å². The second-order valence-corrected chi connectivity index (χ2v) is 3.30. The maximum absolute atomic E-state index is 13.7. The molecule has 0 spiro atoms. The zero-order chi connectivity index (χ0) is 13.2. The molecular weight excluding hydrogens is 255 g/mol. The minimum absolute atomic E-state index is 0.0467. The summed E-state index contributed by atoms with van der Waals surface area (Å²) in [6.45, 7) is 0. The average molecular weight is 263 g/mol. The summed E-state index contributed by atoms with van der Waals surface area (Å²) in [5.41, 5.74) is -0.782. The van der Waals surface area contributed by atoms with Gasteiger partial charge in [-0.15, -0.1) is 0 Å². The Bertz CT molecular complexity index is 458. The molecule has 7 heteroatoms. The van der Waals surface area contributed by atoms with Gasteiger partial charge in [0.05, 0.1) is 24.8 Å². The molecule has 0 aliphatic heterocycles. The van der Waals surface area contributed by atoms with Gasteiger partial charge in [0.25, 0.3) is 5.78 Å². The van der Waals surface area contributed by atoms with Gasteiger partial charge in [0.2, 0.25) is 0 Å². The van der Waals surface area contributed by atoms with Crippen LogP contribution in [0.2, 0.25) is 5.02 Å². The second-order valence-electron chi connectivity index (χ2n) is 2.92. The molecule has 0 atom stereocenters. The van der Waals surface area contributed by atoms with Crippen LogP contribution in [0.1, 0.15) is 10.4 Å². The van der Waals surface area contributed by atoms with E-state index < -0.39 is 28.2 Å². The van der Waals surface area contributed by atoms with Crippen molar-refractivity contribution < 1.29 is 28.6 Å². The van der Waals surface area contributed by atoms with Crippen LogP contribution in [0.3, 0.4) is 0 Å². The Morgan fingerprint density at radius 3 is 2.24 bits per heavy atom. The zero-order valence-electron chi connectivity index (χ0n) is 8.91. The molecule has 0 bridgehead atoms. The number of hydrogen-bond acceptors (Lipinski definition) is 4. The Balaban J connectivity index is 3.56. The van der Waals surface area contributed by atoms with Crippen LogP contribution in [0.4, 0.5) is 4.39 Å². The highest BCUT2D eigenvalue weighted by molar-refractivity contribution is 6.45. The molecule has 92 valence electrons. The zero-order valence-corrected chi connectivity index (χ0v) is 9.67. The third-order valence-corrected chi connectivity index (χ3v) is 2.37. The van der Waals surface area contributed by atoms with Crippen molar-refractivity contribution >= 4 is 23.4 Å². The van der Waals surface area contributed by atoms with Gasteiger partial charge in [-0.1, -0.05) is 11.6 Å². The summed E-state index contributed by atoms with van der Waals surface area (Å²) in [5, 5.41) is 8.15. The van der Waals surface area contributed by atoms with Crippen LogP contribution in [0.25, 0.3) is 0 Å². The number of methoxy groups -OCH3 is 2. The number of carbonyl (C=O) groups is 2. The molecule has 0 aromatic heterocycles. The number of ether oxygens (including phenoxy) is 2. The van der Waals surface area contributed by atoms with Crippen molar-refractivity contribution in [3.05, 3.63) is 22.5 Å². The van der Waals surface area contributed by atoms with E-state index in [1.165, 1.54) is 14.2 Å². The minimum Gasteiger partial charge on any atom is -0.495 e. The number of halogens is 2. The van der Waals surface area contributed by atoms with Crippen molar-refractivity contribution in [1.29, 1.82) is 0 Å². The lowest BCUT2D eigenvalue weighted by atomic mass is 10.1. The van der Waals surface area contributed by atoms with Crippen LogP contribution < -0.4 is 9.47 Å². The summed E-state index contributed by atoms with van der Waals surface area (Å²) in [6, 6.07) is 1.12. The molecule has 17 heavy (non-hydrogen) atoms. The maximum atomic E-state index is 13.7. The van der Waals surface area contributed by atoms with E-state index in [-0.39, 0.29) is 11.5 Å². The van der Waals surface area contributed by atoms with Gasteiger partial charge in [0.15, 0.2) is 11.6 Å². The number of hydrogen-bond donors (Lipinski definition) is 1. The van der Waals surface area contributed by atoms with Crippen LogP contribution in [0, 0.1) is 5.82 Å². The average Bonchev–Trinajstić information content (AvgIpc) is 2.29. The maximum Gasteiger partial charge on any atom is 0.377 e. The highest BCUT2D eigenvalue weighted by Crippen LogP contribution is 2.36. The Morgan fingerprint density at radius 1 is 1.29 bits per heavy atom. The fourth-order valence-electron chi connectivity index (χ4n) is 1.19. The van der Waals surface area contributed by atoms with Crippen molar-refractivity contribution in [3.8, 4) is 11.5 Å². The summed E-state index contributed by atoms with van der Waals surface area (Å²) in [6.07, 6.45) is 0. The highest BCUT2D eigenvalue weighted by atomic mass is 35.5. The van der Waals surface area contributed by atoms with E-state index in [1.807, 2.05) is 0 Å². The van der Waals surface area contributed by atoms with Gasteiger partial charge in [-0.05, 0) is 0 Å². The molecule has 1 aromatic carbocycles. The van der Waals surface area contributed by atoms with Gasteiger partial charge in [-0.2, -0.15) is 0 Å². The Kier molecular flexibility index (Phi) is 3.90. The lowest BCUT2D eigenvalue weighted by Crippen LogP contribution is -2.16. The van der Waals surface area contributed by atoms with Gasteiger partial charge in [0, 0.05) is 6.07 Å². The fraction of sp³-hybridized carbons (Fsp3) is 0.200. The predicted molar refractivity (Wildman–Crippen MR) is 56.5 cm³/mol. The lowest BCUT2D eigenvalue weighted by Gasteiger charge is -2.11.